The third-order valence-electron chi connectivity index (χ3n) is 5.46. The van der Waals surface area contributed by atoms with Gasteiger partial charge < -0.3 is 10.1 Å². The Bertz CT molecular complexity index is 302. The molecule has 2 heterocycles. The SMILES string of the molecule is CC(CNC1CC1)C(C)N1CCC(N2CCOCC2)C1. The lowest BCUT2D eigenvalue weighted by atomic mass is 10.0. The van der Waals surface area contributed by atoms with Crippen LogP contribution in [0.1, 0.15) is 33.1 Å². The number of hydrogen-bond donors (Lipinski definition) is 1. The van der Waals surface area contributed by atoms with Gasteiger partial charge in [0.1, 0.15) is 0 Å². The molecule has 4 nitrogen and oxygen atoms in total. The number of nitrogens with zero attached hydrogens (tertiary/aromatic N) is 2. The maximum absolute atomic E-state index is 5.47. The van der Waals surface area contributed by atoms with Gasteiger partial charge in [-0.3, -0.25) is 9.80 Å². The van der Waals surface area contributed by atoms with Crippen molar-refractivity contribution in [1.82, 2.24) is 15.1 Å². The van der Waals surface area contributed by atoms with Crippen LogP contribution in [0.4, 0.5) is 0 Å². The molecule has 116 valence electrons. The Morgan fingerprint density at radius 3 is 2.55 bits per heavy atom. The Balaban J connectivity index is 1.42. The van der Waals surface area contributed by atoms with Gasteiger partial charge in [-0.25, -0.2) is 0 Å². The summed E-state index contributed by atoms with van der Waals surface area (Å²) in [7, 11) is 0. The minimum atomic E-state index is 0.701. The molecule has 3 aliphatic rings. The molecule has 3 fully saturated rings. The van der Waals surface area contributed by atoms with Crippen molar-refractivity contribution in [3.8, 4) is 0 Å². The van der Waals surface area contributed by atoms with E-state index in [4.69, 9.17) is 4.74 Å². The van der Waals surface area contributed by atoms with Crippen LogP contribution in [0.25, 0.3) is 0 Å². The van der Waals surface area contributed by atoms with E-state index in [9.17, 15) is 0 Å². The molecule has 1 N–H and O–H groups in total. The van der Waals surface area contributed by atoms with Gasteiger partial charge in [-0.1, -0.05) is 6.92 Å². The zero-order valence-corrected chi connectivity index (χ0v) is 13.2. The number of rotatable bonds is 6. The van der Waals surface area contributed by atoms with Crippen LogP contribution in [0, 0.1) is 5.92 Å². The topological polar surface area (TPSA) is 27.7 Å². The van der Waals surface area contributed by atoms with E-state index in [0.29, 0.717) is 6.04 Å². The van der Waals surface area contributed by atoms with Crippen molar-refractivity contribution in [1.29, 1.82) is 0 Å². The van der Waals surface area contributed by atoms with E-state index in [2.05, 4.69) is 29.0 Å². The summed E-state index contributed by atoms with van der Waals surface area (Å²) < 4.78 is 5.47. The first-order valence-corrected chi connectivity index (χ1v) is 8.53. The van der Waals surface area contributed by atoms with Crippen LogP contribution < -0.4 is 5.32 Å². The first-order chi connectivity index (χ1) is 9.74. The average molecular weight is 281 g/mol. The Hall–Kier alpha value is -0.160. The highest BCUT2D eigenvalue weighted by Gasteiger charge is 2.32. The molecule has 1 saturated carbocycles. The Morgan fingerprint density at radius 2 is 1.85 bits per heavy atom. The molecule has 3 atom stereocenters. The molecule has 4 heteroatoms. The maximum atomic E-state index is 5.47. The summed E-state index contributed by atoms with van der Waals surface area (Å²) in [5.41, 5.74) is 0. The molecule has 0 radical (unpaired) electrons. The fourth-order valence-corrected chi connectivity index (χ4v) is 3.55. The summed E-state index contributed by atoms with van der Waals surface area (Å²) in [4.78, 5) is 5.35. The summed E-state index contributed by atoms with van der Waals surface area (Å²) in [5, 5.41) is 3.68. The molecule has 2 aliphatic heterocycles. The second kappa shape index (κ2) is 6.73. The second-order valence-corrected chi connectivity index (χ2v) is 6.99. The molecular weight excluding hydrogens is 250 g/mol. The van der Waals surface area contributed by atoms with Gasteiger partial charge >= 0.3 is 0 Å². The first-order valence-electron chi connectivity index (χ1n) is 8.53. The lowest BCUT2D eigenvalue weighted by Gasteiger charge is -2.34. The van der Waals surface area contributed by atoms with Crippen LogP contribution in [0.15, 0.2) is 0 Å². The summed E-state index contributed by atoms with van der Waals surface area (Å²) >= 11 is 0. The second-order valence-electron chi connectivity index (χ2n) is 6.99. The van der Waals surface area contributed by atoms with E-state index in [1.807, 2.05) is 0 Å². The predicted octanol–water partition coefficient (Wildman–Crippen LogP) is 1.17. The fourth-order valence-electron chi connectivity index (χ4n) is 3.55. The lowest BCUT2D eigenvalue weighted by molar-refractivity contribution is 0.0172. The van der Waals surface area contributed by atoms with Crippen molar-refractivity contribution in [3.05, 3.63) is 0 Å². The van der Waals surface area contributed by atoms with E-state index < -0.39 is 0 Å². The molecule has 0 aromatic rings. The monoisotopic (exact) mass is 281 g/mol. The summed E-state index contributed by atoms with van der Waals surface area (Å²) in [6, 6.07) is 2.31. The molecule has 0 aromatic heterocycles. The first kappa shape index (κ1) is 14.8. The molecule has 0 aromatic carbocycles. The van der Waals surface area contributed by atoms with Crippen molar-refractivity contribution in [2.45, 2.75) is 51.2 Å². The standard InChI is InChI=1S/C16H31N3O/c1-13(11-17-15-3-4-15)14(2)19-6-5-16(12-19)18-7-9-20-10-8-18/h13-17H,3-12H2,1-2H3. The van der Waals surface area contributed by atoms with Gasteiger partial charge in [0, 0.05) is 44.3 Å². The van der Waals surface area contributed by atoms with Gasteiger partial charge in [-0.15, -0.1) is 0 Å². The molecule has 1 aliphatic carbocycles. The van der Waals surface area contributed by atoms with Gasteiger partial charge in [-0.2, -0.15) is 0 Å². The van der Waals surface area contributed by atoms with Gasteiger partial charge in [0.25, 0.3) is 0 Å². The summed E-state index contributed by atoms with van der Waals surface area (Å²) in [5.74, 6) is 0.749. The third kappa shape index (κ3) is 3.73. The number of ether oxygens (including phenoxy) is 1. The molecular formula is C16H31N3O. The zero-order valence-electron chi connectivity index (χ0n) is 13.2. The van der Waals surface area contributed by atoms with Crippen LogP contribution in [-0.2, 0) is 4.74 Å². The Kier molecular flexibility index (Phi) is 4.97. The third-order valence-corrected chi connectivity index (χ3v) is 5.46. The van der Waals surface area contributed by atoms with Crippen molar-refractivity contribution < 1.29 is 4.74 Å². The molecule has 0 amide bonds. The van der Waals surface area contributed by atoms with Crippen molar-refractivity contribution >= 4 is 0 Å². The minimum Gasteiger partial charge on any atom is -0.379 e. The number of morpholine rings is 1. The normalized spacial score (nSPS) is 32.4. The van der Waals surface area contributed by atoms with Crippen molar-refractivity contribution in [3.63, 3.8) is 0 Å². The minimum absolute atomic E-state index is 0.701. The van der Waals surface area contributed by atoms with E-state index in [-0.39, 0.29) is 0 Å². The fraction of sp³-hybridized carbons (Fsp3) is 1.00. The van der Waals surface area contributed by atoms with E-state index >= 15 is 0 Å². The van der Waals surface area contributed by atoms with Crippen LogP contribution in [0.5, 0.6) is 0 Å². The molecule has 2 saturated heterocycles. The van der Waals surface area contributed by atoms with Crippen molar-refractivity contribution in [2.75, 3.05) is 45.9 Å². The molecule has 0 spiro atoms. The number of likely N-dealkylation sites (tertiary alicyclic amines) is 1. The maximum Gasteiger partial charge on any atom is 0.0594 e. The predicted molar refractivity (Wildman–Crippen MR) is 82.0 cm³/mol. The van der Waals surface area contributed by atoms with E-state index in [0.717, 1.165) is 44.3 Å². The average Bonchev–Trinajstić information content (AvgIpc) is 3.19. The molecule has 3 unspecified atom stereocenters. The summed E-state index contributed by atoms with van der Waals surface area (Å²) in [6.45, 7) is 12.7. The van der Waals surface area contributed by atoms with Crippen LogP contribution >= 0.6 is 0 Å². The summed E-state index contributed by atoms with van der Waals surface area (Å²) in [6.07, 6.45) is 4.13. The molecule has 0 bridgehead atoms. The number of hydrogen-bond acceptors (Lipinski definition) is 4. The Morgan fingerprint density at radius 1 is 1.10 bits per heavy atom. The molecule has 3 rings (SSSR count). The van der Waals surface area contributed by atoms with Gasteiger partial charge in [0.15, 0.2) is 0 Å². The zero-order chi connectivity index (χ0) is 13.9. The highest BCUT2D eigenvalue weighted by atomic mass is 16.5. The van der Waals surface area contributed by atoms with Crippen LogP contribution in [0.3, 0.4) is 0 Å². The van der Waals surface area contributed by atoms with Gasteiger partial charge in [0.2, 0.25) is 0 Å². The largest absolute Gasteiger partial charge is 0.379 e. The van der Waals surface area contributed by atoms with Gasteiger partial charge in [-0.05, 0) is 38.6 Å². The van der Waals surface area contributed by atoms with Crippen LogP contribution in [0.2, 0.25) is 0 Å². The molecule has 20 heavy (non-hydrogen) atoms. The smallest absolute Gasteiger partial charge is 0.0594 e. The van der Waals surface area contributed by atoms with Crippen molar-refractivity contribution in [2.24, 2.45) is 5.92 Å². The van der Waals surface area contributed by atoms with Crippen LogP contribution in [-0.4, -0.2) is 73.9 Å². The Labute approximate surface area is 123 Å². The lowest BCUT2D eigenvalue weighted by Crippen LogP contribution is -2.46. The highest BCUT2D eigenvalue weighted by Crippen LogP contribution is 2.23. The van der Waals surface area contributed by atoms with E-state index in [1.54, 1.807) is 0 Å². The number of nitrogens with one attached hydrogen (secondary N) is 1. The van der Waals surface area contributed by atoms with Gasteiger partial charge in [0.05, 0.1) is 13.2 Å². The highest BCUT2D eigenvalue weighted by molar-refractivity contribution is 4.89. The van der Waals surface area contributed by atoms with E-state index in [1.165, 1.54) is 38.9 Å². The quantitative estimate of drug-likeness (QED) is 0.791.